The highest BCUT2D eigenvalue weighted by atomic mass is 31.2. The van der Waals surface area contributed by atoms with Crippen molar-refractivity contribution in [3.05, 3.63) is 52.1 Å². The summed E-state index contributed by atoms with van der Waals surface area (Å²) in [5.74, 6) is -3.35. The lowest BCUT2D eigenvalue weighted by Crippen LogP contribution is -2.50. The highest BCUT2D eigenvalue weighted by molar-refractivity contribution is 7.47. The van der Waals surface area contributed by atoms with E-state index in [1.165, 1.54) is 5.56 Å². The van der Waals surface area contributed by atoms with Gasteiger partial charge in [0, 0.05) is 58.9 Å². The smallest absolute Gasteiger partial charge is 0.480 e. The van der Waals surface area contributed by atoms with Crippen molar-refractivity contribution in [2.75, 3.05) is 91.7 Å². The molecule has 0 aliphatic carbocycles. The molecular formula is C35H52N5O11P. The number of amides is 1. The minimum absolute atomic E-state index is 0.0980. The molecule has 1 unspecified atom stereocenters. The molecule has 2 aromatic carbocycles. The van der Waals surface area contributed by atoms with Crippen LogP contribution in [0.1, 0.15) is 27.8 Å². The Morgan fingerprint density at radius 2 is 1.08 bits per heavy atom. The van der Waals surface area contributed by atoms with Crippen LogP contribution in [-0.2, 0) is 28.3 Å². The monoisotopic (exact) mass is 749 g/mol. The number of carboxylic acid groups (broad SMARTS) is 3. The molecule has 0 bridgehead atoms. The Balaban J connectivity index is 1.58. The predicted octanol–water partition coefficient (Wildman–Crippen LogP) is 1.98. The summed E-state index contributed by atoms with van der Waals surface area (Å²) in [5, 5.41) is 30.8. The lowest BCUT2D eigenvalue weighted by molar-refractivity contribution is -0.140. The minimum atomic E-state index is -4.55. The lowest BCUT2D eigenvalue weighted by Gasteiger charge is -2.32. The Hall–Kier alpha value is -3.89. The molecule has 52 heavy (non-hydrogen) atoms. The molecule has 2 aromatic rings. The van der Waals surface area contributed by atoms with Crippen LogP contribution in [0.4, 0.5) is 0 Å². The van der Waals surface area contributed by atoms with Gasteiger partial charge in [-0.15, -0.1) is 0 Å². The summed E-state index contributed by atoms with van der Waals surface area (Å²) in [6.07, 6.45) is 0. The summed E-state index contributed by atoms with van der Waals surface area (Å²) in [4.78, 5) is 64.5. The SMILES string of the molecule is Cc1cc(C)c(-c2cc(C)c(OP(=O)(O)OCCNC(=O)CN3CCN(CC(=O)O)CCN(CC(=O)O)CCN(CC(=O)O)CC3)cc2C)c(C)c1. The van der Waals surface area contributed by atoms with E-state index >= 15 is 0 Å². The fourth-order valence-corrected chi connectivity index (χ4v) is 7.13. The zero-order valence-electron chi connectivity index (χ0n) is 30.6. The number of aliphatic carboxylic acids is 3. The number of hydrogen-bond donors (Lipinski definition) is 5. The maximum atomic E-state index is 12.9. The summed E-state index contributed by atoms with van der Waals surface area (Å²) < 4.78 is 23.4. The van der Waals surface area contributed by atoms with Gasteiger partial charge in [0.05, 0.1) is 32.8 Å². The van der Waals surface area contributed by atoms with Crippen molar-refractivity contribution in [1.82, 2.24) is 24.9 Å². The molecule has 1 aliphatic heterocycles. The van der Waals surface area contributed by atoms with Gasteiger partial charge < -0.3 is 25.2 Å². The summed E-state index contributed by atoms with van der Waals surface area (Å²) in [7, 11) is -4.55. The Morgan fingerprint density at radius 1 is 0.654 bits per heavy atom. The van der Waals surface area contributed by atoms with Gasteiger partial charge in [-0.05, 0) is 80.1 Å². The van der Waals surface area contributed by atoms with Crippen molar-refractivity contribution >= 4 is 31.6 Å². The van der Waals surface area contributed by atoms with E-state index in [1.807, 2.05) is 19.9 Å². The molecule has 5 N–H and O–H groups in total. The Bertz CT molecular complexity index is 1580. The molecule has 1 saturated heterocycles. The maximum Gasteiger partial charge on any atom is 0.527 e. The van der Waals surface area contributed by atoms with Crippen molar-refractivity contribution in [3.63, 3.8) is 0 Å². The average molecular weight is 750 g/mol. The van der Waals surface area contributed by atoms with Gasteiger partial charge in [0.2, 0.25) is 5.91 Å². The number of carbonyl (C=O) groups is 4. The van der Waals surface area contributed by atoms with Crippen LogP contribution in [0.5, 0.6) is 5.75 Å². The molecule has 1 amide bonds. The van der Waals surface area contributed by atoms with E-state index in [0.717, 1.165) is 27.8 Å². The number of aryl methyl sites for hydroxylation is 5. The van der Waals surface area contributed by atoms with E-state index in [9.17, 15) is 44.0 Å². The molecular weight excluding hydrogens is 697 g/mol. The molecule has 16 nitrogen and oxygen atoms in total. The minimum Gasteiger partial charge on any atom is -0.480 e. The van der Waals surface area contributed by atoms with Crippen molar-refractivity contribution in [3.8, 4) is 16.9 Å². The van der Waals surface area contributed by atoms with Crippen molar-refractivity contribution in [1.29, 1.82) is 0 Å². The fraction of sp³-hybridized carbons (Fsp3) is 0.543. The Morgan fingerprint density at radius 3 is 1.50 bits per heavy atom. The molecule has 288 valence electrons. The number of carboxylic acids is 3. The fourth-order valence-electron chi connectivity index (χ4n) is 6.31. The van der Waals surface area contributed by atoms with E-state index in [-0.39, 0.29) is 97.4 Å². The van der Waals surface area contributed by atoms with Gasteiger partial charge >= 0.3 is 25.7 Å². The van der Waals surface area contributed by atoms with Crippen molar-refractivity contribution < 1.29 is 53.0 Å². The van der Waals surface area contributed by atoms with Crippen LogP contribution in [0, 0.1) is 34.6 Å². The lowest BCUT2D eigenvalue weighted by atomic mass is 9.90. The summed E-state index contributed by atoms with van der Waals surface area (Å²) in [6.45, 7) is 10.6. The molecule has 17 heteroatoms. The van der Waals surface area contributed by atoms with Crippen LogP contribution in [0.3, 0.4) is 0 Å². The van der Waals surface area contributed by atoms with E-state index < -0.39 is 31.6 Å². The highest BCUT2D eigenvalue weighted by Crippen LogP contribution is 2.46. The number of hydrogen-bond acceptors (Lipinski definition) is 11. The first kappa shape index (κ1) is 42.5. The first-order valence-corrected chi connectivity index (χ1v) is 18.6. The maximum absolute atomic E-state index is 12.9. The molecule has 3 rings (SSSR count). The number of phosphoric ester groups is 1. The van der Waals surface area contributed by atoms with Crippen LogP contribution in [-0.4, -0.2) is 155 Å². The molecule has 1 aliphatic rings. The van der Waals surface area contributed by atoms with Crippen molar-refractivity contribution in [2.45, 2.75) is 34.6 Å². The number of carbonyl (C=O) groups excluding carboxylic acids is 1. The van der Waals surface area contributed by atoms with Crippen LogP contribution in [0.25, 0.3) is 11.1 Å². The summed E-state index contributed by atoms with van der Waals surface area (Å²) in [6, 6.07) is 7.85. The van der Waals surface area contributed by atoms with Gasteiger partial charge in [0.15, 0.2) is 0 Å². The number of nitrogens with one attached hydrogen (secondary N) is 1. The van der Waals surface area contributed by atoms with Crippen LogP contribution < -0.4 is 9.84 Å². The Labute approximate surface area is 304 Å². The molecule has 0 radical (unpaired) electrons. The molecule has 1 fully saturated rings. The van der Waals surface area contributed by atoms with Crippen LogP contribution in [0.15, 0.2) is 24.3 Å². The molecule has 1 atom stereocenters. The quantitative estimate of drug-likeness (QED) is 0.130. The number of nitrogens with zero attached hydrogens (tertiary/aromatic N) is 4. The van der Waals surface area contributed by atoms with Gasteiger partial charge in [0.1, 0.15) is 5.75 Å². The second-order valence-electron chi connectivity index (χ2n) is 13.2. The van der Waals surface area contributed by atoms with Gasteiger partial charge in [-0.1, -0.05) is 17.7 Å². The van der Waals surface area contributed by atoms with E-state index in [1.54, 1.807) is 32.6 Å². The van der Waals surface area contributed by atoms with Crippen LogP contribution in [0.2, 0.25) is 0 Å². The average Bonchev–Trinajstić information content (AvgIpc) is 3.01. The van der Waals surface area contributed by atoms with Gasteiger partial charge in [-0.25, -0.2) is 4.57 Å². The van der Waals surface area contributed by atoms with Crippen molar-refractivity contribution in [2.24, 2.45) is 0 Å². The largest absolute Gasteiger partial charge is 0.527 e. The van der Waals surface area contributed by atoms with E-state index in [2.05, 4.69) is 31.3 Å². The van der Waals surface area contributed by atoms with Gasteiger partial charge in [0.25, 0.3) is 0 Å². The standard InChI is InChI=1S/C35H52N5O11P/c1-24-16-27(4)35(28(5)17-24)29-18-26(3)30(19-25(29)2)51-52(48,49)50-15-6-36-31(41)20-37-7-9-38(21-32(42)43)11-13-40(23-34(46)47)14-12-39(10-8-37)22-33(44)45/h16-19H,6-15,20-23H2,1-5H3,(H,36,41)(H,42,43)(H,44,45)(H,46,47)(H,48,49). The number of phosphoric acid groups is 1. The first-order valence-electron chi connectivity index (χ1n) is 17.1. The van der Waals surface area contributed by atoms with E-state index in [0.29, 0.717) is 5.56 Å². The van der Waals surface area contributed by atoms with E-state index in [4.69, 9.17) is 9.05 Å². The normalized spacial score (nSPS) is 17.0. The predicted molar refractivity (Wildman–Crippen MR) is 194 cm³/mol. The first-order chi connectivity index (χ1) is 24.4. The molecule has 0 aromatic heterocycles. The second-order valence-corrected chi connectivity index (χ2v) is 14.6. The second kappa shape index (κ2) is 19.8. The highest BCUT2D eigenvalue weighted by Gasteiger charge is 2.26. The zero-order chi connectivity index (χ0) is 38.6. The molecule has 0 saturated carbocycles. The van der Waals surface area contributed by atoms with Gasteiger partial charge in [-0.2, -0.15) is 0 Å². The third-order valence-electron chi connectivity index (χ3n) is 8.73. The number of rotatable bonds is 15. The molecule has 1 heterocycles. The Kier molecular flexibility index (Phi) is 16.2. The third-order valence-corrected chi connectivity index (χ3v) is 9.67. The summed E-state index contributed by atoms with van der Waals surface area (Å²) in [5.41, 5.74) is 7.03. The topological polar surface area (TPSA) is 210 Å². The zero-order valence-corrected chi connectivity index (χ0v) is 31.5. The van der Waals surface area contributed by atoms with Gasteiger partial charge in [-0.3, -0.25) is 48.2 Å². The number of benzene rings is 2. The summed E-state index contributed by atoms with van der Waals surface area (Å²) >= 11 is 0. The molecule has 0 spiro atoms. The third kappa shape index (κ3) is 14.3. The van der Waals surface area contributed by atoms with Crippen LogP contribution >= 0.6 is 7.82 Å².